The number of hydrogen-bond donors (Lipinski definition) is 0. The van der Waals surface area contributed by atoms with E-state index in [4.69, 9.17) is 24.9 Å². The second-order valence-electron chi connectivity index (χ2n) is 18.8. The Bertz CT molecular complexity index is 4250. The molecule has 75 heavy (non-hydrogen) atoms. The summed E-state index contributed by atoms with van der Waals surface area (Å²) in [6.07, 6.45) is 3.19. The predicted octanol–water partition coefficient (Wildman–Crippen LogP) is 18.0. The first-order chi connectivity index (χ1) is 36.8. The summed E-state index contributed by atoms with van der Waals surface area (Å²) in [7, 11) is 0. The summed E-state index contributed by atoms with van der Waals surface area (Å²) in [5, 5.41) is 4.71. The smallest absolute Gasteiger partial charge is 0.166 e. The van der Waals surface area contributed by atoms with Gasteiger partial charge in [-0.1, -0.05) is 135 Å². The van der Waals surface area contributed by atoms with Crippen molar-refractivity contribution in [2.45, 2.75) is 26.2 Å². The number of aromatic nitrogens is 7. The van der Waals surface area contributed by atoms with Crippen LogP contribution in [-0.2, 0) is 6.42 Å². The van der Waals surface area contributed by atoms with Crippen LogP contribution >= 0.6 is 67.8 Å². The minimum absolute atomic E-state index is 0.556. The molecule has 0 N–H and O–H groups in total. The van der Waals surface area contributed by atoms with E-state index in [2.05, 4.69) is 272 Å². The molecule has 0 aliphatic rings. The first-order valence-electron chi connectivity index (χ1n) is 25.0. The van der Waals surface area contributed by atoms with Crippen molar-refractivity contribution in [3.63, 3.8) is 0 Å². The average Bonchev–Trinajstić information content (AvgIpc) is 4.03. The summed E-state index contributed by atoms with van der Waals surface area (Å²) in [5.74, 6) is 2.43. The van der Waals surface area contributed by atoms with Crippen LogP contribution in [0.1, 0.15) is 25.3 Å². The van der Waals surface area contributed by atoms with Crippen molar-refractivity contribution in [3.8, 4) is 79.4 Å². The summed E-state index contributed by atoms with van der Waals surface area (Å²) in [6, 6.07) is 75.4. The van der Waals surface area contributed by atoms with E-state index >= 15 is 0 Å². The molecule has 13 rings (SSSR count). The fraction of sp³-hybridized carbons (Fsp3) is 0.0615. The van der Waals surface area contributed by atoms with Gasteiger partial charge in [0.1, 0.15) is 0 Å². The van der Waals surface area contributed by atoms with Gasteiger partial charge in [0.05, 0.1) is 39.1 Å². The van der Waals surface area contributed by atoms with Gasteiger partial charge in [0.25, 0.3) is 0 Å². The lowest BCUT2D eigenvalue weighted by atomic mass is 10.0. The molecular formula is C65H44I3N7. The van der Waals surface area contributed by atoms with Crippen LogP contribution in [0.5, 0.6) is 0 Å². The molecule has 10 heteroatoms. The highest BCUT2D eigenvalue weighted by Crippen LogP contribution is 2.43. The Morgan fingerprint density at radius 3 is 1.53 bits per heavy atom. The van der Waals surface area contributed by atoms with Crippen molar-refractivity contribution in [2.75, 3.05) is 0 Å². The second kappa shape index (κ2) is 20.2. The van der Waals surface area contributed by atoms with Gasteiger partial charge in [-0.25, -0.2) is 24.9 Å². The van der Waals surface area contributed by atoms with Gasteiger partial charge in [0, 0.05) is 71.3 Å². The highest BCUT2D eigenvalue weighted by Gasteiger charge is 2.24. The molecule has 0 fully saturated rings. The first kappa shape index (κ1) is 47.6. The van der Waals surface area contributed by atoms with Crippen LogP contribution < -0.4 is 0 Å². The van der Waals surface area contributed by atoms with Gasteiger partial charge in [-0.2, -0.15) is 0 Å². The molecule has 0 unspecified atom stereocenters. The Labute approximate surface area is 475 Å². The zero-order valence-corrected chi connectivity index (χ0v) is 47.1. The molecule has 0 radical (unpaired) electrons. The van der Waals surface area contributed by atoms with Gasteiger partial charge < -0.3 is 9.13 Å². The third-order valence-electron chi connectivity index (χ3n) is 13.9. The van der Waals surface area contributed by atoms with E-state index in [1.807, 2.05) is 24.3 Å². The Kier molecular flexibility index (Phi) is 12.8. The van der Waals surface area contributed by atoms with Gasteiger partial charge >= 0.3 is 0 Å². The SMILES string of the molecule is CCCCc1cc(I)cc(-c2nc(-c3cc(I)cc(I)c3)nc(-c3cc(-c4cc(-c5ccccc5)nc(-c5ccccc5)n4)ccc3-n3c4ccccc4c4cc5c6ccccc6n(-c6ccccc6)c5cc43)n2)c1. The summed E-state index contributed by atoms with van der Waals surface area (Å²) in [5.41, 5.74) is 14.9. The van der Waals surface area contributed by atoms with Gasteiger partial charge in [-0.05, 0) is 177 Å². The molecule has 13 aromatic rings. The topological polar surface area (TPSA) is 74.3 Å². The molecule has 4 aromatic heterocycles. The third kappa shape index (κ3) is 9.09. The van der Waals surface area contributed by atoms with E-state index < -0.39 is 0 Å². The molecule has 7 nitrogen and oxygen atoms in total. The molecule has 0 aliphatic heterocycles. The zero-order valence-electron chi connectivity index (χ0n) is 40.6. The van der Waals surface area contributed by atoms with E-state index in [1.54, 1.807) is 0 Å². The van der Waals surface area contributed by atoms with Crippen molar-refractivity contribution in [2.24, 2.45) is 0 Å². The number of aryl methyl sites for hydroxylation is 1. The first-order valence-corrected chi connectivity index (χ1v) is 28.3. The molecule has 0 spiro atoms. The zero-order chi connectivity index (χ0) is 50.6. The Balaban J connectivity index is 1.13. The van der Waals surface area contributed by atoms with Gasteiger partial charge in [0.15, 0.2) is 23.3 Å². The van der Waals surface area contributed by atoms with E-state index in [0.717, 1.165) is 119 Å². The molecule has 360 valence electrons. The van der Waals surface area contributed by atoms with Crippen molar-refractivity contribution >= 4 is 111 Å². The van der Waals surface area contributed by atoms with Crippen molar-refractivity contribution in [3.05, 3.63) is 229 Å². The summed E-state index contributed by atoms with van der Waals surface area (Å²) < 4.78 is 8.15. The fourth-order valence-electron chi connectivity index (χ4n) is 10.4. The van der Waals surface area contributed by atoms with Crippen molar-refractivity contribution < 1.29 is 0 Å². The molecule has 0 saturated carbocycles. The Morgan fingerprint density at radius 1 is 0.360 bits per heavy atom. The van der Waals surface area contributed by atoms with Crippen LogP contribution in [0.4, 0.5) is 0 Å². The lowest BCUT2D eigenvalue weighted by Crippen LogP contribution is -2.05. The van der Waals surface area contributed by atoms with Crippen LogP contribution in [0.2, 0.25) is 0 Å². The summed E-state index contributed by atoms with van der Waals surface area (Å²) >= 11 is 7.22. The van der Waals surface area contributed by atoms with Gasteiger partial charge in [-0.3, -0.25) is 0 Å². The standard InChI is InChI=1S/C65H44I3N7/c1-2-3-17-40-30-44(32-46(66)31-40)63-71-64(45-33-47(67)36-48(68)34-45)73-65(72-63)54-35-43(56-38-55(41-18-7-4-8-19-41)69-62(70-56)42-20-9-5-10-21-42)28-29-59(54)75-58-27-16-14-25-51(58)53-37-52-50-24-13-15-26-57(50)74(60(52)39-61(53)75)49-22-11-6-12-23-49/h4-16,18-39H,2-3,17H2,1H3. The molecule has 4 heterocycles. The van der Waals surface area contributed by atoms with Crippen molar-refractivity contribution in [1.29, 1.82) is 0 Å². The van der Waals surface area contributed by atoms with E-state index in [1.165, 1.54) is 16.3 Å². The molecular weight excluding hydrogens is 1260 g/mol. The Morgan fingerprint density at radius 2 is 0.880 bits per heavy atom. The molecule has 9 aromatic carbocycles. The number of benzene rings is 9. The highest BCUT2D eigenvalue weighted by atomic mass is 127. The quantitative estimate of drug-likeness (QED) is 0.121. The monoisotopic (exact) mass is 1300 g/mol. The number of unbranched alkanes of at least 4 members (excludes halogenated alkanes) is 1. The van der Waals surface area contributed by atoms with Crippen molar-refractivity contribution in [1.82, 2.24) is 34.1 Å². The molecule has 0 bridgehead atoms. The van der Waals surface area contributed by atoms with Crippen LogP contribution in [-0.4, -0.2) is 34.1 Å². The summed E-state index contributed by atoms with van der Waals surface area (Å²) in [6.45, 7) is 2.24. The van der Waals surface area contributed by atoms with Crippen LogP contribution in [0.3, 0.4) is 0 Å². The fourth-order valence-corrected chi connectivity index (χ4v) is 13.1. The molecule has 0 saturated heterocycles. The lowest BCUT2D eigenvalue weighted by Gasteiger charge is -2.17. The number of para-hydroxylation sites is 3. The minimum atomic E-state index is 0.556. The van der Waals surface area contributed by atoms with E-state index in [0.29, 0.717) is 23.3 Å². The minimum Gasteiger partial charge on any atom is -0.309 e. The molecule has 0 atom stereocenters. The van der Waals surface area contributed by atoms with Crippen LogP contribution in [0, 0.1) is 10.7 Å². The average molecular weight is 1300 g/mol. The van der Waals surface area contributed by atoms with Crippen LogP contribution in [0.25, 0.3) is 123 Å². The number of halogens is 3. The number of nitrogens with zero attached hydrogens (tertiary/aromatic N) is 7. The second-order valence-corrected chi connectivity index (χ2v) is 22.5. The molecule has 0 aliphatic carbocycles. The lowest BCUT2D eigenvalue weighted by molar-refractivity contribution is 0.795. The van der Waals surface area contributed by atoms with E-state index in [-0.39, 0.29) is 0 Å². The van der Waals surface area contributed by atoms with Crippen LogP contribution in [0.15, 0.2) is 212 Å². The number of hydrogen-bond acceptors (Lipinski definition) is 5. The predicted molar refractivity (Wildman–Crippen MR) is 333 cm³/mol. The summed E-state index contributed by atoms with van der Waals surface area (Å²) in [4.78, 5) is 26.9. The largest absolute Gasteiger partial charge is 0.309 e. The maximum absolute atomic E-state index is 5.56. The maximum atomic E-state index is 5.56. The maximum Gasteiger partial charge on any atom is 0.166 e. The third-order valence-corrected chi connectivity index (χ3v) is 15.7. The van der Waals surface area contributed by atoms with E-state index in [9.17, 15) is 0 Å². The number of rotatable bonds is 11. The Hall–Kier alpha value is -7.14. The van der Waals surface area contributed by atoms with Gasteiger partial charge in [0.2, 0.25) is 0 Å². The van der Waals surface area contributed by atoms with Gasteiger partial charge in [-0.15, -0.1) is 0 Å². The molecule has 0 amide bonds. The highest BCUT2D eigenvalue weighted by molar-refractivity contribution is 14.1. The number of fused-ring (bicyclic) bond motifs is 6. The normalized spacial score (nSPS) is 11.6.